The van der Waals surface area contributed by atoms with Crippen LogP contribution in [0, 0.1) is 5.92 Å². The maximum atomic E-state index is 5.91. The molecule has 2 fully saturated rings. The van der Waals surface area contributed by atoms with Crippen molar-refractivity contribution in [2.45, 2.75) is 12.5 Å². The number of aliphatic imine (C=N–C) groups is 1. The van der Waals surface area contributed by atoms with Crippen molar-refractivity contribution in [2.75, 3.05) is 39.5 Å². The number of nitrogens with zero attached hydrogens (tertiary/aromatic N) is 2. The zero-order valence-electron chi connectivity index (χ0n) is 9.85. The largest absolute Gasteiger partial charge is 0.387 e. The van der Waals surface area contributed by atoms with Crippen molar-refractivity contribution in [1.29, 1.82) is 0 Å². The van der Waals surface area contributed by atoms with Gasteiger partial charge in [0.05, 0.1) is 32.0 Å². The summed E-state index contributed by atoms with van der Waals surface area (Å²) < 4.78 is 5.36. The fourth-order valence-electron chi connectivity index (χ4n) is 2.60. The highest BCUT2D eigenvalue weighted by Gasteiger charge is 2.35. The second kappa shape index (κ2) is 4.87. The van der Waals surface area contributed by atoms with Crippen LogP contribution in [0.2, 0.25) is 0 Å². The van der Waals surface area contributed by atoms with Gasteiger partial charge in [0.15, 0.2) is 0 Å². The van der Waals surface area contributed by atoms with Gasteiger partial charge in [-0.15, -0.1) is 0 Å². The molecule has 96 valence electrons. The molecule has 3 aliphatic heterocycles. The van der Waals surface area contributed by atoms with Gasteiger partial charge in [0.1, 0.15) is 12.1 Å². The third kappa shape index (κ3) is 2.29. The van der Waals surface area contributed by atoms with E-state index in [1.165, 1.54) is 0 Å². The number of ether oxygens (including phenoxy) is 1. The van der Waals surface area contributed by atoms with Gasteiger partial charge in [0.25, 0.3) is 0 Å². The highest BCUT2D eigenvalue weighted by Crippen LogP contribution is 2.12. The van der Waals surface area contributed by atoms with Crippen LogP contribution in [-0.2, 0) is 4.74 Å². The number of nitrogens with two attached hydrogens (primary N) is 1. The van der Waals surface area contributed by atoms with Gasteiger partial charge in [0, 0.05) is 19.6 Å². The maximum absolute atomic E-state index is 5.91. The first-order valence-electron chi connectivity index (χ1n) is 6.19. The molecule has 0 aliphatic carbocycles. The lowest BCUT2D eigenvalue weighted by molar-refractivity contribution is -0.0157. The molecule has 0 aromatic carbocycles. The number of morpholine rings is 1. The van der Waals surface area contributed by atoms with Crippen molar-refractivity contribution >= 4 is 5.84 Å². The number of nitrogens with one attached hydrogen (secondary N) is 3. The first-order chi connectivity index (χ1) is 8.34. The van der Waals surface area contributed by atoms with Crippen LogP contribution >= 0.6 is 0 Å². The lowest BCUT2D eigenvalue weighted by Gasteiger charge is -2.45. The van der Waals surface area contributed by atoms with E-state index < -0.39 is 0 Å². The predicted octanol–water partition coefficient (Wildman–Crippen LogP) is -2.34. The minimum atomic E-state index is 0.207. The van der Waals surface area contributed by atoms with Gasteiger partial charge in [0.2, 0.25) is 0 Å². The zero-order valence-corrected chi connectivity index (χ0v) is 9.85. The van der Waals surface area contributed by atoms with Gasteiger partial charge in [-0.1, -0.05) is 0 Å². The summed E-state index contributed by atoms with van der Waals surface area (Å²) in [6.45, 7) is 5.02. The van der Waals surface area contributed by atoms with Crippen LogP contribution in [0.4, 0.5) is 0 Å². The molecule has 3 aliphatic rings. The van der Waals surface area contributed by atoms with Crippen molar-refractivity contribution in [3.63, 3.8) is 0 Å². The highest BCUT2D eigenvalue weighted by molar-refractivity contribution is 5.84. The summed E-state index contributed by atoms with van der Waals surface area (Å²) in [6.07, 6.45) is 0.431. The van der Waals surface area contributed by atoms with Crippen molar-refractivity contribution < 1.29 is 4.74 Å². The van der Waals surface area contributed by atoms with E-state index in [4.69, 9.17) is 10.5 Å². The van der Waals surface area contributed by atoms with Crippen molar-refractivity contribution in [2.24, 2.45) is 16.6 Å². The molecular weight excluding hydrogens is 220 g/mol. The normalized spacial score (nSPS) is 39.5. The van der Waals surface area contributed by atoms with Crippen molar-refractivity contribution in [3.8, 4) is 0 Å². The Labute approximate surface area is 101 Å². The summed E-state index contributed by atoms with van der Waals surface area (Å²) in [5.74, 6) is 0.996. The summed E-state index contributed by atoms with van der Waals surface area (Å²) in [6, 6.07) is 0. The molecule has 3 unspecified atom stereocenters. The summed E-state index contributed by atoms with van der Waals surface area (Å²) in [5, 5.41) is 10.4. The molecular formula is C10H20N6O. The van der Waals surface area contributed by atoms with Crippen LogP contribution in [-0.4, -0.2) is 62.7 Å². The van der Waals surface area contributed by atoms with Gasteiger partial charge < -0.3 is 10.5 Å². The van der Waals surface area contributed by atoms with Gasteiger partial charge >= 0.3 is 0 Å². The molecule has 0 bridgehead atoms. The van der Waals surface area contributed by atoms with Crippen molar-refractivity contribution in [3.05, 3.63) is 0 Å². The Morgan fingerprint density at radius 2 is 2.12 bits per heavy atom. The summed E-state index contributed by atoms with van der Waals surface area (Å²) in [7, 11) is 0. The van der Waals surface area contributed by atoms with Crippen LogP contribution in [0.1, 0.15) is 0 Å². The highest BCUT2D eigenvalue weighted by atomic mass is 16.5. The molecule has 0 saturated carbocycles. The molecule has 0 spiro atoms. The minimum absolute atomic E-state index is 0.207. The predicted molar refractivity (Wildman–Crippen MR) is 64.2 cm³/mol. The lowest BCUT2D eigenvalue weighted by Crippen LogP contribution is -2.72. The van der Waals surface area contributed by atoms with Gasteiger partial charge in [-0.3, -0.25) is 25.8 Å². The smallest absolute Gasteiger partial charge is 0.115 e. The third-order valence-corrected chi connectivity index (χ3v) is 3.63. The molecule has 0 aromatic rings. The Hall–Kier alpha value is -0.730. The van der Waals surface area contributed by atoms with Crippen LogP contribution in [0.15, 0.2) is 4.99 Å². The van der Waals surface area contributed by atoms with E-state index in [-0.39, 0.29) is 18.4 Å². The van der Waals surface area contributed by atoms with Gasteiger partial charge in [-0.05, 0) is 0 Å². The summed E-state index contributed by atoms with van der Waals surface area (Å²) in [4.78, 5) is 6.59. The Morgan fingerprint density at radius 1 is 1.29 bits per heavy atom. The standard InChI is InChI=1S/C10H20N6O/c11-8-7-5-12-10(15-9(7)14-6-13-8)16-1-3-17-4-2-16/h7,9-10,12,14-15H,1-6H2,(H2,11,13). The van der Waals surface area contributed by atoms with E-state index in [2.05, 4.69) is 25.8 Å². The SMILES string of the molecule is NC1=NCNC2NC(N3CCOCC3)NCC12. The molecule has 3 rings (SSSR count). The maximum Gasteiger partial charge on any atom is 0.115 e. The Kier molecular flexibility index (Phi) is 3.26. The average molecular weight is 240 g/mol. The molecule has 0 radical (unpaired) electrons. The van der Waals surface area contributed by atoms with Crippen LogP contribution < -0.4 is 21.7 Å². The molecule has 3 atom stereocenters. The molecule has 17 heavy (non-hydrogen) atoms. The average Bonchev–Trinajstić information content (AvgIpc) is 2.40. The number of rotatable bonds is 1. The molecule has 5 N–H and O–H groups in total. The van der Waals surface area contributed by atoms with E-state index >= 15 is 0 Å². The third-order valence-electron chi connectivity index (χ3n) is 3.63. The van der Waals surface area contributed by atoms with E-state index in [9.17, 15) is 0 Å². The van der Waals surface area contributed by atoms with Gasteiger partial charge in [-0.25, -0.2) is 0 Å². The Balaban J connectivity index is 1.62. The van der Waals surface area contributed by atoms with Crippen molar-refractivity contribution in [1.82, 2.24) is 20.9 Å². The van der Waals surface area contributed by atoms with Gasteiger partial charge in [-0.2, -0.15) is 0 Å². The monoisotopic (exact) mass is 240 g/mol. The molecule has 7 nitrogen and oxygen atoms in total. The Morgan fingerprint density at radius 3 is 2.94 bits per heavy atom. The summed E-state index contributed by atoms with van der Waals surface area (Å²) in [5.41, 5.74) is 5.91. The molecule has 7 heteroatoms. The van der Waals surface area contributed by atoms with Crippen LogP contribution in [0.5, 0.6) is 0 Å². The molecule has 2 saturated heterocycles. The van der Waals surface area contributed by atoms with E-state index in [1.807, 2.05) is 0 Å². The van der Waals surface area contributed by atoms with E-state index in [0.717, 1.165) is 38.7 Å². The first kappa shape index (κ1) is 11.4. The fourth-order valence-corrected chi connectivity index (χ4v) is 2.60. The molecule has 0 aromatic heterocycles. The second-order valence-electron chi connectivity index (χ2n) is 4.66. The lowest BCUT2D eigenvalue weighted by atomic mass is 10.0. The number of hydrogen-bond acceptors (Lipinski definition) is 7. The van der Waals surface area contributed by atoms with E-state index in [0.29, 0.717) is 6.67 Å². The zero-order chi connectivity index (χ0) is 11.7. The minimum Gasteiger partial charge on any atom is -0.387 e. The van der Waals surface area contributed by atoms with E-state index in [1.54, 1.807) is 0 Å². The number of hydrogen-bond donors (Lipinski definition) is 4. The molecule has 0 amide bonds. The quantitative estimate of drug-likeness (QED) is 0.411. The topological polar surface area (TPSA) is 86.9 Å². The fraction of sp³-hybridized carbons (Fsp3) is 0.900. The molecule has 3 heterocycles. The first-order valence-corrected chi connectivity index (χ1v) is 6.19. The number of amidine groups is 1. The van der Waals surface area contributed by atoms with Crippen LogP contribution in [0.25, 0.3) is 0 Å². The summed E-state index contributed by atoms with van der Waals surface area (Å²) >= 11 is 0. The Bertz CT molecular complexity index is 303. The van der Waals surface area contributed by atoms with Crippen LogP contribution in [0.3, 0.4) is 0 Å². The second-order valence-corrected chi connectivity index (χ2v) is 4.66. The number of fused-ring (bicyclic) bond motifs is 1.